The summed E-state index contributed by atoms with van der Waals surface area (Å²) in [7, 11) is -2.74. The first-order chi connectivity index (χ1) is 22.8. The molecule has 4 aromatic rings. The summed E-state index contributed by atoms with van der Waals surface area (Å²) >= 11 is 0. The average molecular weight is 670 g/mol. The first-order valence-electron chi connectivity index (χ1n) is 16.9. The Morgan fingerprint density at radius 2 is 1.44 bits per heavy atom. The summed E-state index contributed by atoms with van der Waals surface area (Å²) in [5.41, 5.74) is 2.02. The van der Waals surface area contributed by atoms with E-state index in [2.05, 4.69) is 79.6 Å². The summed E-state index contributed by atoms with van der Waals surface area (Å²) in [4.78, 5) is 30.0. The number of carbonyl (C=O) groups is 2. The van der Waals surface area contributed by atoms with E-state index in [-0.39, 0.29) is 11.1 Å². The van der Waals surface area contributed by atoms with Gasteiger partial charge in [-0.25, -0.2) is 14.6 Å². The Hall–Kier alpha value is -4.21. The number of rotatable bonds is 13. The number of alkyl carbamates (subject to hydrolysis) is 1. The molecule has 0 bridgehead atoms. The minimum absolute atomic E-state index is 0.155. The van der Waals surface area contributed by atoms with Crippen molar-refractivity contribution < 1.29 is 23.5 Å². The van der Waals surface area contributed by atoms with E-state index in [4.69, 9.17) is 13.9 Å². The number of benzene rings is 3. The number of esters is 1. The van der Waals surface area contributed by atoms with Crippen LogP contribution in [-0.2, 0) is 26.9 Å². The minimum atomic E-state index is -2.74. The number of nitrogens with zero attached hydrogens (tertiary/aromatic N) is 2. The lowest BCUT2D eigenvalue weighted by molar-refractivity contribution is 0.0490. The van der Waals surface area contributed by atoms with E-state index < -0.39 is 26.0 Å². The molecule has 8 nitrogen and oxygen atoms in total. The summed E-state index contributed by atoms with van der Waals surface area (Å²) in [5, 5.41) is 5.40. The fourth-order valence-electron chi connectivity index (χ4n) is 6.07. The van der Waals surface area contributed by atoms with Crippen LogP contribution in [0.4, 0.5) is 4.79 Å². The first kappa shape index (κ1) is 36.6. The zero-order valence-electron chi connectivity index (χ0n) is 29.7. The second-order valence-electron chi connectivity index (χ2n) is 14.0. The van der Waals surface area contributed by atoms with Crippen LogP contribution in [-0.4, -0.2) is 54.8 Å². The smallest absolute Gasteiger partial charge is 0.407 e. The van der Waals surface area contributed by atoms with Crippen LogP contribution in [0.15, 0.2) is 91.1 Å². The molecule has 48 heavy (non-hydrogen) atoms. The molecule has 4 rings (SSSR count). The number of carbonyl (C=O) groups excluding carboxylic acids is 2. The topological polar surface area (TPSA) is 91.7 Å². The zero-order valence-corrected chi connectivity index (χ0v) is 30.7. The molecule has 0 aliphatic rings. The van der Waals surface area contributed by atoms with Crippen LogP contribution in [0.25, 0.3) is 11.3 Å². The van der Waals surface area contributed by atoms with Crippen LogP contribution < -0.4 is 15.7 Å². The summed E-state index contributed by atoms with van der Waals surface area (Å²) in [6.45, 7) is 17.5. The fraction of sp³-hybridized carbons (Fsp3) is 0.410. The lowest BCUT2D eigenvalue weighted by Crippen LogP contribution is -2.66. The van der Waals surface area contributed by atoms with Crippen LogP contribution in [0, 0.1) is 0 Å². The maximum absolute atomic E-state index is 13.0. The third-order valence-electron chi connectivity index (χ3n) is 8.23. The Balaban J connectivity index is 1.58. The van der Waals surface area contributed by atoms with Gasteiger partial charge in [-0.1, -0.05) is 106 Å². The molecule has 1 aromatic heterocycles. The molecule has 1 unspecified atom stereocenters. The van der Waals surface area contributed by atoms with Gasteiger partial charge < -0.3 is 23.8 Å². The molecule has 0 saturated carbocycles. The highest BCUT2D eigenvalue weighted by atomic mass is 28.4. The standard InChI is InChI=1S/C39H51N3O5Si/c1-9-42-28-34(41-35(42)36(43)45-10-2)30-23-21-29(22-24-30)27-31(40-37(44)47-38(3,4)5)25-26-46-48(39(6,7)8,32-17-13-11-14-18-32)33-19-15-12-16-20-33/h11-24,28,31H,9-10,25-27H2,1-8H3,(H,40,44). The van der Waals surface area contributed by atoms with Crippen LogP contribution in [0.3, 0.4) is 0 Å². The zero-order chi connectivity index (χ0) is 35.0. The lowest BCUT2D eigenvalue weighted by atomic mass is 10.0. The normalized spacial score (nSPS) is 12.8. The number of aryl methyl sites for hydroxylation is 1. The van der Waals surface area contributed by atoms with Crippen LogP contribution in [0.2, 0.25) is 5.04 Å². The molecule has 9 heteroatoms. The van der Waals surface area contributed by atoms with Gasteiger partial charge in [0.15, 0.2) is 0 Å². The summed E-state index contributed by atoms with van der Waals surface area (Å²) in [6.07, 6.45) is 2.60. The van der Waals surface area contributed by atoms with E-state index in [9.17, 15) is 9.59 Å². The third kappa shape index (κ3) is 9.02. The maximum Gasteiger partial charge on any atom is 0.407 e. The van der Waals surface area contributed by atoms with Gasteiger partial charge in [0.05, 0.1) is 12.3 Å². The largest absolute Gasteiger partial charge is 0.460 e. The van der Waals surface area contributed by atoms with Crippen molar-refractivity contribution in [3.05, 3.63) is 103 Å². The molecule has 1 heterocycles. The Kier molecular flexibility index (Phi) is 12.0. The van der Waals surface area contributed by atoms with Gasteiger partial charge in [0.1, 0.15) is 5.60 Å². The number of nitrogens with one attached hydrogen (secondary N) is 1. The Labute approximate surface area is 287 Å². The van der Waals surface area contributed by atoms with Crippen molar-refractivity contribution in [2.45, 2.75) is 91.5 Å². The van der Waals surface area contributed by atoms with Gasteiger partial charge >= 0.3 is 12.1 Å². The maximum atomic E-state index is 13.0. The molecule has 256 valence electrons. The Bertz CT molecular complexity index is 1580. The number of amides is 1. The van der Waals surface area contributed by atoms with Gasteiger partial charge in [0.2, 0.25) is 5.82 Å². The van der Waals surface area contributed by atoms with Gasteiger partial charge in [-0.15, -0.1) is 0 Å². The molecule has 0 spiro atoms. The molecule has 0 radical (unpaired) electrons. The molecule has 0 fully saturated rings. The second-order valence-corrected chi connectivity index (χ2v) is 18.3. The highest BCUT2D eigenvalue weighted by molar-refractivity contribution is 6.99. The van der Waals surface area contributed by atoms with Crippen molar-refractivity contribution in [2.75, 3.05) is 13.2 Å². The second kappa shape index (κ2) is 15.8. The number of ether oxygens (including phenoxy) is 2. The van der Waals surface area contributed by atoms with Crippen LogP contribution >= 0.6 is 0 Å². The van der Waals surface area contributed by atoms with Gasteiger partial charge in [-0.2, -0.15) is 0 Å². The summed E-state index contributed by atoms with van der Waals surface area (Å²) in [5.74, 6) is -0.139. The summed E-state index contributed by atoms with van der Waals surface area (Å²) in [6, 6.07) is 29.0. The quantitative estimate of drug-likeness (QED) is 0.120. The van der Waals surface area contributed by atoms with E-state index in [1.807, 2.05) is 70.3 Å². The number of aromatic nitrogens is 2. The highest BCUT2D eigenvalue weighted by Gasteiger charge is 2.50. The molecule has 1 amide bonds. The predicted molar refractivity (Wildman–Crippen MR) is 194 cm³/mol. The number of hydrogen-bond donors (Lipinski definition) is 1. The molecule has 3 aromatic carbocycles. The van der Waals surface area contributed by atoms with E-state index in [1.54, 1.807) is 11.5 Å². The minimum Gasteiger partial charge on any atom is -0.460 e. The first-order valence-corrected chi connectivity index (χ1v) is 18.8. The van der Waals surface area contributed by atoms with Crippen molar-refractivity contribution in [2.24, 2.45) is 0 Å². The molecular formula is C39H51N3O5Si. The SMILES string of the molecule is CCOC(=O)c1nc(-c2ccc(CC(CCO[Si](c3ccccc3)(c3ccccc3)C(C)(C)C)NC(=O)OC(C)(C)C)cc2)cn1CC. The number of hydrogen-bond acceptors (Lipinski definition) is 6. The van der Waals surface area contributed by atoms with Gasteiger partial charge in [-0.3, -0.25) is 0 Å². The van der Waals surface area contributed by atoms with E-state index >= 15 is 0 Å². The molecular weight excluding hydrogens is 619 g/mol. The van der Waals surface area contributed by atoms with E-state index in [0.717, 1.165) is 11.1 Å². The number of imidazole rings is 1. The predicted octanol–water partition coefficient (Wildman–Crippen LogP) is 7.15. The molecule has 0 aliphatic heterocycles. The third-order valence-corrected chi connectivity index (χ3v) is 13.3. The average Bonchev–Trinajstić information content (AvgIpc) is 3.48. The molecule has 1 N–H and O–H groups in total. The molecule has 1 atom stereocenters. The molecule has 0 aliphatic carbocycles. The van der Waals surface area contributed by atoms with Crippen molar-refractivity contribution in [1.29, 1.82) is 0 Å². The Morgan fingerprint density at radius 3 is 1.94 bits per heavy atom. The van der Waals surface area contributed by atoms with E-state index in [0.29, 0.717) is 44.1 Å². The van der Waals surface area contributed by atoms with Crippen molar-refractivity contribution in [3.8, 4) is 11.3 Å². The van der Waals surface area contributed by atoms with Crippen molar-refractivity contribution >= 4 is 30.8 Å². The highest BCUT2D eigenvalue weighted by Crippen LogP contribution is 2.37. The van der Waals surface area contributed by atoms with Crippen LogP contribution in [0.5, 0.6) is 0 Å². The van der Waals surface area contributed by atoms with Gasteiger partial charge in [-0.05, 0) is 68.4 Å². The molecule has 0 saturated heterocycles. The van der Waals surface area contributed by atoms with E-state index in [1.165, 1.54) is 10.4 Å². The van der Waals surface area contributed by atoms with Crippen molar-refractivity contribution in [3.63, 3.8) is 0 Å². The lowest BCUT2D eigenvalue weighted by Gasteiger charge is -2.43. The van der Waals surface area contributed by atoms with Gasteiger partial charge in [0, 0.05) is 31.0 Å². The van der Waals surface area contributed by atoms with Gasteiger partial charge in [0.25, 0.3) is 8.32 Å². The Morgan fingerprint density at radius 1 is 0.854 bits per heavy atom. The summed E-state index contributed by atoms with van der Waals surface area (Å²) < 4.78 is 19.8. The van der Waals surface area contributed by atoms with Crippen LogP contribution in [0.1, 0.15) is 78.0 Å². The monoisotopic (exact) mass is 669 g/mol. The fourth-order valence-corrected chi connectivity index (χ4v) is 10.6. The van der Waals surface area contributed by atoms with Crippen molar-refractivity contribution in [1.82, 2.24) is 14.9 Å².